The van der Waals surface area contributed by atoms with Crippen molar-refractivity contribution in [2.24, 2.45) is 0 Å². The molecule has 0 radical (unpaired) electrons. The van der Waals surface area contributed by atoms with Crippen molar-refractivity contribution >= 4 is 16.8 Å². The molecule has 3 rings (SSSR count). The van der Waals surface area contributed by atoms with Gasteiger partial charge in [0.1, 0.15) is 0 Å². The van der Waals surface area contributed by atoms with Crippen molar-refractivity contribution in [1.29, 1.82) is 0 Å². The molecule has 0 saturated carbocycles. The lowest BCUT2D eigenvalue weighted by atomic mass is 10.1. The quantitative estimate of drug-likeness (QED) is 0.716. The summed E-state index contributed by atoms with van der Waals surface area (Å²) in [7, 11) is 0. The average Bonchev–Trinajstić information content (AvgIpc) is 2.58. The highest BCUT2D eigenvalue weighted by atomic mass is 19.2. The number of hydrogen-bond acceptors (Lipinski definition) is 2. The number of carbonyl (C=O) groups is 1. The van der Waals surface area contributed by atoms with Crippen molar-refractivity contribution in [2.45, 2.75) is 13.5 Å². The first kappa shape index (κ1) is 16.8. The van der Waals surface area contributed by atoms with E-state index in [1.54, 1.807) is 12.1 Å². The predicted octanol–water partition coefficient (Wildman–Crippen LogP) is 3.18. The maximum absolute atomic E-state index is 13.6. The molecule has 0 atom stereocenters. The van der Waals surface area contributed by atoms with Crippen molar-refractivity contribution in [2.75, 3.05) is 0 Å². The van der Waals surface area contributed by atoms with Gasteiger partial charge in [0.25, 0.3) is 11.5 Å². The highest BCUT2D eigenvalue weighted by molar-refractivity contribution is 5.94. The summed E-state index contributed by atoms with van der Waals surface area (Å²) >= 11 is 0. The number of amides is 1. The number of nitrogens with one attached hydrogen (secondary N) is 2. The minimum absolute atomic E-state index is 0.184. The Morgan fingerprint density at radius 2 is 1.88 bits per heavy atom. The summed E-state index contributed by atoms with van der Waals surface area (Å²) in [5.74, 6) is -5.61. The van der Waals surface area contributed by atoms with Crippen molar-refractivity contribution in [3.05, 3.63) is 80.9 Å². The van der Waals surface area contributed by atoms with Crippen LogP contribution in [0.1, 0.15) is 21.5 Å². The number of rotatable bonds is 3. The standard InChI is InChI=1S/C18H13F3N2O2/c1-9-3-2-4-10-7-11(17(24)23-16(9)10)8-22-18(25)12-5-6-13(19)15(21)14(12)20/h2-7H,8H2,1H3,(H,22,25)(H,23,24). The summed E-state index contributed by atoms with van der Waals surface area (Å²) in [6.45, 7) is 1.67. The topological polar surface area (TPSA) is 62.0 Å². The monoisotopic (exact) mass is 346 g/mol. The van der Waals surface area contributed by atoms with Gasteiger partial charge in [-0.1, -0.05) is 18.2 Å². The van der Waals surface area contributed by atoms with E-state index >= 15 is 0 Å². The summed E-state index contributed by atoms with van der Waals surface area (Å²) in [6, 6.07) is 8.61. The Bertz CT molecular complexity index is 1040. The van der Waals surface area contributed by atoms with Gasteiger partial charge in [-0.25, -0.2) is 13.2 Å². The molecule has 3 aromatic rings. The number of aromatic nitrogens is 1. The SMILES string of the molecule is Cc1cccc2cc(CNC(=O)c3ccc(F)c(F)c3F)c(=O)[nH]c12. The van der Waals surface area contributed by atoms with E-state index in [2.05, 4.69) is 10.3 Å². The zero-order chi connectivity index (χ0) is 18.1. The fraction of sp³-hybridized carbons (Fsp3) is 0.111. The molecular weight excluding hydrogens is 333 g/mol. The van der Waals surface area contributed by atoms with Crippen LogP contribution in [0.3, 0.4) is 0 Å². The van der Waals surface area contributed by atoms with Crippen LogP contribution in [0, 0.1) is 24.4 Å². The Hall–Kier alpha value is -3.09. The molecule has 25 heavy (non-hydrogen) atoms. The second-order valence-corrected chi connectivity index (χ2v) is 5.57. The molecule has 0 aliphatic heterocycles. The Morgan fingerprint density at radius 1 is 1.12 bits per heavy atom. The molecule has 0 unspecified atom stereocenters. The number of fused-ring (bicyclic) bond motifs is 1. The van der Waals surface area contributed by atoms with Crippen LogP contribution >= 0.6 is 0 Å². The molecule has 0 saturated heterocycles. The summed E-state index contributed by atoms with van der Waals surface area (Å²) in [4.78, 5) is 26.8. The highest BCUT2D eigenvalue weighted by Gasteiger charge is 2.18. The van der Waals surface area contributed by atoms with Crippen LogP contribution in [0.15, 0.2) is 41.2 Å². The number of para-hydroxylation sites is 1. The normalized spacial score (nSPS) is 10.9. The molecular formula is C18H13F3N2O2. The van der Waals surface area contributed by atoms with E-state index in [9.17, 15) is 22.8 Å². The zero-order valence-corrected chi connectivity index (χ0v) is 13.1. The minimum atomic E-state index is -1.72. The average molecular weight is 346 g/mol. The van der Waals surface area contributed by atoms with Gasteiger partial charge in [-0.05, 0) is 36.1 Å². The fourth-order valence-corrected chi connectivity index (χ4v) is 2.53. The number of pyridine rings is 1. The van der Waals surface area contributed by atoms with Crippen molar-refractivity contribution in [1.82, 2.24) is 10.3 Å². The molecule has 1 aromatic heterocycles. The smallest absolute Gasteiger partial charge is 0.254 e. The predicted molar refractivity (Wildman–Crippen MR) is 86.8 cm³/mol. The molecule has 2 N–H and O–H groups in total. The number of H-pyrrole nitrogens is 1. The number of benzene rings is 2. The third-order valence-corrected chi connectivity index (χ3v) is 3.88. The molecule has 0 fully saturated rings. The van der Waals surface area contributed by atoms with Crippen LogP contribution in [0.5, 0.6) is 0 Å². The number of aromatic amines is 1. The molecule has 1 amide bonds. The lowest BCUT2D eigenvalue weighted by Gasteiger charge is -2.08. The van der Waals surface area contributed by atoms with E-state index in [1.807, 2.05) is 19.1 Å². The molecule has 7 heteroatoms. The number of halogens is 3. The second-order valence-electron chi connectivity index (χ2n) is 5.57. The number of aryl methyl sites for hydroxylation is 1. The third-order valence-electron chi connectivity index (χ3n) is 3.88. The van der Waals surface area contributed by atoms with Gasteiger partial charge in [0.15, 0.2) is 17.5 Å². The lowest BCUT2D eigenvalue weighted by Crippen LogP contribution is -2.27. The van der Waals surface area contributed by atoms with Crippen molar-refractivity contribution in [3.8, 4) is 0 Å². The first-order valence-corrected chi connectivity index (χ1v) is 7.41. The molecule has 0 spiro atoms. The van der Waals surface area contributed by atoms with Gasteiger partial charge < -0.3 is 10.3 Å². The van der Waals surface area contributed by atoms with Gasteiger partial charge in [0, 0.05) is 12.1 Å². The second kappa shape index (κ2) is 6.43. The number of hydrogen-bond donors (Lipinski definition) is 2. The van der Waals surface area contributed by atoms with Crippen LogP contribution in [0.25, 0.3) is 10.9 Å². The van der Waals surface area contributed by atoms with Crippen molar-refractivity contribution in [3.63, 3.8) is 0 Å². The Morgan fingerprint density at radius 3 is 2.64 bits per heavy atom. The molecule has 4 nitrogen and oxygen atoms in total. The zero-order valence-electron chi connectivity index (χ0n) is 13.1. The van der Waals surface area contributed by atoms with Crippen LogP contribution in [0.4, 0.5) is 13.2 Å². The van der Waals surface area contributed by atoms with Crippen LogP contribution in [-0.4, -0.2) is 10.9 Å². The maximum Gasteiger partial charge on any atom is 0.254 e. The van der Waals surface area contributed by atoms with Gasteiger partial charge in [-0.15, -0.1) is 0 Å². The van der Waals surface area contributed by atoms with E-state index in [0.29, 0.717) is 11.6 Å². The third kappa shape index (κ3) is 3.13. The molecule has 2 aromatic carbocycles. The van der Waals surface area contributed by atoms with Crippen LogP contribution in [0.2, 0.25) is 0 Å². The summed E-state index contributed by atoms with van der Waals surface area (Å²) < 4.78 is 39.7. The van der Waals surface area contributed by atoms with Gasteiger partial charge in [-0.3, -0.25) is 9.59 Å². The minimum Gasteiger partial charge on any atom is -0.348 e. The molecule has 1 heterocycles. The molecule has 0 aliphatic carbocycles. The Kier molecular flexibility index (Phi) is 4.31. The largest absolute Gasteiger partial charge is 0.348 e. The van der Waals surface area contributed by atoms with E-state index in [0.717, 1.165) is 17.0 Å². The van der Waals surface area contributed by atoms with Crippen molar-refractivity contribution < 1.29 is 18.0 Å². The van der Waals surface area contributed by atoms with E-state index in [-0.39, 0.29) is 12.1 Å². The van der Waals surface area contributed by atoms with Gasteiger partial charge >= 0.3 is 0 Å². The molecule has 0 bridgehead atoms. The lowest BCUT2D eigenvalue weighted by molar-refractivity contribution is 0.0945. The maximum atomic E-state index is 13.6. The summed E-state index contributed by atoms with van der Waals surface area (Å²) in [5.41, 5.74) is 0.817. The van der Waals surface area contributed by atoms with Gasteiger partial charge in [0.05, 0.1) is 11.1 Å². The van der Waals surface area contributed by atoms with Gasteiger partial charge in [0.2, 0.25) is 0 Å². The van der Waals surface area contributed by atoms with E-state index in [1.165, 1.54) is 0 Å². The van der Waals surface area contributed by atoms with Gasteiger partial charge in [-0.2, -0.15) is 0 Å². The first-order valence-electron chi connectivity index (χ1n) is 7.41. The molecule has 128 valence electrons. The summed E-state index contributed by atoms with van der Waals surface area (Å²) in [5, 5.41) is 3.12. The van der Waals surface area contributed by atoms with Crippen LogP contribution < -0.4 is 10.9 Å². The first-order chi connectivity index (χ1) is 11.9. The number of carbonyl (C=O) groups excluding carboxylic acids is 1. The highest BCUT2D eigenvalue weighted by Crippen LogP contribution is 2.16. The Balaban J connectivity index is 1.86. The summed E-state index contributed by atoms with van der Waals surface area (Å²) in [6.07, 6.45) is 0. The Labute approximate surface area is 140 Å². The molecule has 0 aliphatic rings. The van der Waals surface area contributed by atoms with Crippen LogP contribution in [-0.2, 0) is 6.54 Å². The van der Waals surface area contributed by atoms with E-state index in [4.69, 9.17) is 0 Å². The fourth-order valence-electron chi connectivity index (χ4n) is 2.53. The van der Waals surface area contributed by atoms with E-state index < -0.39 is 34.5 Å².